The molecule has 0 aromatic rings. The van der Waals surface area contributed by atoms with E-state index in [1.165, 1.54) is 23.6 Å². The third kappa shape index (κ3) is 22.9. The lowest BCUT2D eigenvalue weighted by Crippen LogP contribution is -2.55. The van der Waals surface area contributed by atoms with Gasteiger partial charge in [0.05, 0.1) is 94.4 Å². The summed E-state index contributed by atoms with van der Waals surface area (Å²) in [5.74, 6) is -3.11. The van der Waals surface area contributed by atoms with Gasteiger partial charge in [0.2, 0.25) is 17.7 Å². The summed E-state index contributed by atoms with van der Waals surface area (Å²) in [4.78, 5) is 78.1. The number of hydrogen-bond acceptors (Lipinski definition) is 27. The van der Waals surface area contributed by atoms with Gasteiger partial charge < -0.3 is 104 Å². The third-order valence-corrected chi connectivity index (χ3v) is 20.5. The largest absolute Gasteiger partial charge is 0.472 e. The van der Waals surface area contributed by atoms with Crippen molar-refractivity contribution in [1.29, 1.82) is 0 Å². The highest BCUT2D eigenvalue weighted by Crippen LogP contribution is 2.51. The van der Waals surface area contributed by atoms with Crippen molar-refractivity contribution < 1.29 is 144 Å². The molecule has 18 unspecified atom stereocenters. The second kappa shape index (κ2) is 36.1. The molecule has 0 aromatic heterocycles. The fraction of sp³-hybridized carbons (Fsp3) is 0.945. The molecule has 6 aliphatic rings. The van der Waals surface area contributed by atoms with E-state index in [1.807, 2.05) is 6.92 Å². The quantitative estimate of drug-likeness (QED) is 0.0284. The molecule has 6 heterocycles. The van der Waals surface area contributed by atoms with Gasteiger partial charge in [-0.05, 0) is 77.6 Å². The fourth-order valence-electron chi connectivity index (χ4n) is 12.1. The number of aliphatic hydroxyl groups is 9. The highest BCUT2D eigenvalue weighted by atomic mass is 31.2. The lowest BCUT2D eigenvalue weighted by atomic mass is 9.92. The van der Waals surface area contributed by atoms with Crippen LogP contribution in [0.2, 0.25) is 0 Å². The van der Waals surface area contributed by atoms with Gasteiger partial charge in [-0.1, -0.05) is 27.7 Å². The minimum atomic E-state index is -5.10. The van der Waals surface area contributed by atoms with E-state index < -0.39 is 196 Å². The number of likely N-dealkylation sites (tertiary alicyclic amines) is 3. The molecule has 24 atom stereocenters. The summed E-state index contributed by atoms with van der Waals surface area (Å²) in [5.41, 5.74) is 0. The van der Waals surface area contributed by atoms with Crippen molar-refractivity contribution >= 4 is 41.2 Å². The minimum Gasteiger partial charge on any atom is -0.394 e. The van der Waals surface area contributed by atoms with E-state index in [9.17, 15) is 88.7 Å². The van der Waals surface area contributed by atoms with Gasteiger partial charge in [-0.15, -0.1) is 0 Å². The van der Waals surface area contributed by atoms with Crippen molar-refractivity contribution in [1.82, 2.24) is 14.7 Å². The smallest absolute Gasteiger partial charge is 0.394 e. The molecular weight excluding hydrogens is 1280 g/mol. The summed E-state index contributed by atoms with van der Waals surface area (Å²) in [6.07, 6.45) is -14.8. The summed E-state index contributed by atoms with van der Waals surface area (Å²) < 4.78 is 107. The first kappa shape index (κ1) is 78.1. The maximum atomic E-state index is 14.0. The normalized spacial score (nSPS) is 36.8. The molecule has 0 aromatic carbocycles. The van der Waals surface area contributed by atoms with Gasteiger partial charge >= 0.3 is 23.5 Å². The van der Waals surface area contributed by atoms with E-state index in [2.05, 4.69) is 0 Å². The Labute approximate surface area is 530 Å². The third-order valence-electron chi connectivity index (χ3n) is 17.3. The molecule has 0 saturated carbocycles. The number of aliphatic hydroxyl groups excluding tert-OH is 9. The second-order valence-electron chi connectivity index (χ2n) is 25.0. The number of phosphoric acid groups is 3. The van der Waals surface area contributed by atoms with E-state index in [0.717, 1.165) is 0 Å². The van der Waals surface area contributed by atoms with Crippen LogP contribution in [0, 0.1) is 23.7 Å². The predicted octanol–water partition coefficient (Wildman–Crippen LogP) is -0.242. The number of carbonyl (C=O) groups is 3. The minimum absolute atomic E-state index is 0.0124. The van der Waals surface area contributed by atoms with Gasteiger partial charge in [-0.25, -0.2) is 13.7 Å². The van der Waals surface area contributed by atoms with Crippen molar-refractivity contribution in [2.45, 2.75) is 229 Å². The molecule has 6 saturated heterocycles. The van der Waals surface area contributed by atoms with Gasteiger partial charge in [-0.2, -0.15) is 0 Å². The molecule has 33 nitrogen and oxygen atoms in total. The Bertz CT molecular complexity index is 2410. The van der Waals surface area contributed by atoms with Crippen LogP contribution in [0.4, 0.5) is 0 Å². The zero-order valence-corrected chi connectivity index (χ0v) is 55.3. The van der Waals surface area contributed by atoms with E-state index >= 15 is 0 Å². The number of hydrogen-bond donors (Lipinski definition) is 12. The maximum Gasteiger partial charge on any atom is 0.472 e. The molecule has 36 heteroatoms. The van der Waals surface area contributed by atoms with Gasteiger partial charge in [0.1, 0.15) is 36.6 Å². The van der Waals surface area contributed by atoms with Gasteiger partial charge in [0, 0.05) is 76.5 Å². The summed E-state index contributed by atoms with van der Waals surface area (Å²) in [6, 6.07) is -2.64. The Morgan fingerprint density at radius 1 is 0.462 bits per heavy atom. The molecule has 6 rings (SSSR count). The average Bonchev–Trinajstić information content (AvgIpc) is 1.61. The molecular formula is C55H100N3O30P3. The Balaban J connectivity index is 1.04. The number of unbranched alkanes of at least 4 members (excludes halogenated alkanes) is 3. The van der Waals surface area contributed by atoms with Crippen LogP contribution in [0.3, 0.4) is 0 Å². The van der Waals surface area contributed by atoms with E-state index in [0.29, 0.717) is 32.2 Å². The Kier molecular flexibility index (Phi) is 31.0. The number of amides is 3. The molecule has 12 N–H and O–H groups in total. The highest BCUT2D eigenvalue weighted by molar-refractivity contribution is 7.48. The van der Waals surface area contributed by atoms with Crippen LogP contribution in [0.15, 0.2) is 0 Å². The van der Waals surface area contributed by atoms with Gasteiger partial charge in [0.15, 0.2) is 18.9 Å². The van der Waals surface area contributed by atoms with E-state index in [1.54, 1.807) is 25.7 Å². The first-order chi connectivity index (χ1) is 42.9. The van der Waals surface area contributed by atoms with Crippen molar-refractivity contribution in [2.75, 3.05) is 79.1 Å². The van der Waals surface area contributed by atoms with Crippen molar-refractivity contribution in [2.24, 2.45) is 23.7 Å². The lowest BCUT2D eigenvalue weighted by molar-refractivity contribution is -0.282. The topological polar surface area (TPSA) is 466 Å². The average molecular weight is 1380 g/mol. The molecule has 6 fully saturated rings. The monoisotopic (exact) mass is 1380 g/mol. The first-order valence-electron chi connectivity index (χ1n) is 31.5. The van der Waals surface area contributed by atoms with E-state index in [4.69, 9.17) is 55.6 Å². The number of carbonyl (C=O) groups excluding carboxylic acids is 3. The Morgan fingerprint density at radius 2 is 0.769 bits per heavy atom. The summed E-state index contributed by atoms with van der Waals surface area (Å²) in [7, 11) is -14.7. The van der Waals surface area contributed by atoms with Gasteiger partial charge in [0.25, 0.3) is 0 Å². The van der Waals surface area contributed by atoms with Crippen LogP contribution in [-0.4, -0.2) is 282 Å². The summed E-state index contributed by atoms with van der Waals surface area (Å²) in [5, 5.41) is 90.4. The fourth-order valence-corrected chi connectivity index (χ4v) is 15.0. The van der Waals surface area contributed by atoms with Crippen LogP contribution in [0.1, 0.15) is 119 Å². The Hall–Kier alpha value is -1.86. The van der Waals surface area contributed by atoms with Crippen LogP contribution in [0.25, 0.3) is 0 Å². The molecule has 0 aliphatic carbocycles. The number of rotatable bonds is 36. The standard InChI is InChI=1S/C55H100N3O30P3/c1-31(2)86-89(71,72)80-29-37-20-39(23-57(37)45(63)14-8-11-17-78-54-34(5)48(66)51(69)42(26-60)84-54)88-91(75,76)82-30-38-21-40(24-58(38)46(64)15-9-12-18-79-55-35(6)49(67)52(70)43(27-61)85-55)87-90(73,74)81-28-36-19-32(3)22-56(36)44(62)13-7-10-16-77-53-33(4)47(65)50(68)41(25-59)83-53/h31-43,47-55,59-61,65-70H,7-30H2,1-6H3,(H,71,72)(H,73,74)(H,75,76)/t32-,33?,34?,35?,36+,37+,38+,39-,40-,41?,42?,43?,47?,48?,49?,50?,51?,52?,53?,54?,55?/m1/s1. The SMILES string of the molecule is CC(C)OP(=O)(O)OC[C@@H]1C[C@@H](OP(=O)(O)OC[C@@H]2C[C@@H](OP(=O)(O)OC[C@@H]3C[C@@H](C)CN3C(=O)CCCCOC3OC(CO)C(O)C(O)C3C)CN2C(=O)CCCCOC2OC(CO)C(O)C(O)C2C)CN1C(=O)CCCCOC1OC(CO)C(O)C(O)C1C. The molecule has 0 spiro atoms. The van der Waals surface area contributed by atoms with E-state index in [-0.39, 0.29) is 103 Å². The number of ether oxygens (including phenoxy) is 6. The molecule has 530 valence electrons. The number of nitrogens with zero attached hydrogens (tertiary/aromatic N) is 3. The highest BCUT2D eigenvalue weighted by Gasteiger charge is 2.48. The second-order valence-corrected chi connectivity index (χ2v) is 29.2. The number of phosphoric ester groups is 3. The van der Waals surface area contributed by atoms with Crippen molar-refractivity contribution in [3.8, 4) is 0 Å². The predicted molar refractivity (Wildman–Crippen MR) is 313 cm³/mol. The lowest BCUT2D eigenvalue weighted by Gasteiger charge is -2.40. The zero-order valence-electron chi connectivity index (χ0n) is 52.6. The maximum absolute atomic E-state index is 14.0. The summed E-state index contributed by atoms with van der Waals surface area (Å²) >= 11 is 0. The van der Waals surface area contributed by atoms with Crippen molar-refractivity contribution in [3.63, 3.8) is 0 Å². The van der Waals surface area contributed by atoms with Crippen LogP contribution in [-0.2, 0) is 83.6 Å². The van der Waals surface area contributed by atoms with Crippen LogP contribution in [0.5, 0.6) is 0 Å². The molecule has 6 aliphatic heterocycles. The summed E-state index contributed by atoms with van der Waals surface area (Å²) in [6.45, 7) is 6.55. The molecule has 0 bridgehead atoms. The molecule has 0 radical (unpaired) electrons. The molecule has 91 heavy (non-hydrogen) atoms. The first-order valence-corrected chi connectivity index (χ1v) is 35.9. The van der Waals surface area contributed by atoms with Gasteiger partial charge in [-0.3, -0.25) is 41.5 Å². The Morgan fingerprint density at radius 3 is 1.09 bits per heavy atom. The molecule has 3 amide bonds. The van der Waals surface area contributed by atoms with Crippen LogP contribution >= 0.6 is 23.5 Å². The van der Waals surface area contributed by atoms with Crippen molar-refractivity contribution in [3.05, 3.63) is 0 Å². The van der Waals surface area contributed by atoms with Crippen LogP contribution < -0.4 is 0 Å². The zero-order chi connectivity index (χ0) is 67.1.